The Balaban J connectivity index is 1.64. The van der Waals surface area contributed by atoms with Crippen LogP contribution in [0.25, 0.3) is 0 Å². The first-order chi connectivity index (χ1) is 10.7. The van der Waals surface area contributed by atoms with E-state index in [2.05, 4.69) is 27.6 Å². The van der Waals surface area contributed by atoms with Crippen LogP contribution in [0.3, 0.4) is 0 Å². The third-order valence-electron chi connectivity index (χ3n) is 3.54. The molecule has 1 aromatic rings. The number of hydrogen-bond acceptors (Lipinski definition) is 5. The van der Waals surface area contributed by atoms with E-state index in [9.17, 15) is 4.79 Å². The fraction of sp³-hybridized carbons (Fsp3) is 0.438. The molecule has 1 saturated heterocycles. The Bertz CT molecular complexity index is 584. The number of nitriles is 1. The molecule has 0 aliphatic carbocycles. The third kappa shape index (κ3) is 4.21. The maximum absolute atomic E-state index is 12.0. The first kappa shape index (κ1) is 15.8. The fourth-order valence-electron chi connectivity index (χ4n) is 2.36. The minimum Gasteiger partial charge on any atom is -0.369 e. The molecule has 1 unspecified atom stereocenters. The Morgan fingerprint density at radius 2 is 2.36 bits per heavy atom. The Morgan fingerprint density at radius 3 is 3.05 bits per heavy atom. The average Bonchev–Trinajstić information content (AvgIpc) is 3.03. The molecular weight excluding hydrogens is 278 g/mol. The molecule has 1 amide bonds. The first-order valence-corrected chi connectivity index (χ1v) is 7.31. The smallest absolute Gasteiger partial charge is 0.237 e. The number of aromatic nitrogens is 1. The van der Waals surface area contributed by atoms with Gasteiger partial charge in [-0.3, -0.25) is 4.79 Å². The van der Waals surface area contributed by atoms with Crippen LogP contribution < -0.4 is 10.6 Å². The highest BCUT2D eigenvalue weighted by Gasteiger charge is 2.27. The van der Waals surface area contributed by atoms with Crippen LogP contribution in [0.2, 0.25) is 0 Å². The lowest BCUT2D eigenvalue weighted by Gasteiger charge is -2.19. The summed E-state index contributed by atoms with van der Waals surface area (Å²) in [6.45, 7) is 2.22. The summed E-state index contributed by atoms with van der Waals surface area (Å²) in [6.07, 6.45) is 8.59. The highest BCUT2D eigenvalue weighted by Crippen LogP contribution is 2.15. The summed E-state index contributed by atoms with van der Waals surface area (Å²) < 4.78 is 0. The lowest BCUT2D eigenvalue weighted by Crippen LogP contribution is -2.41. The Hall–Kier alpha value is -2.57. The highest BCUT2D eigenvalue weighted by molar-refractivity contribution is 5.79. The van der Waals surface area contributed by atoms with E-state index in [4.69, 9.17) is 11.7 Å². The van der Waals surface area contributed by atoms with Crippen molar-refractivity contribution in [3.05, 3.63) is 23.9 Å². The molecule has 0 aromatic carbocycles. The van der Waals surface area contributed by atoms with E-state index < -0.39 is 0 Å². The molecule has 1 fully saturated rings. The Kier molecular flexibility index (Phi) is 5.76. The van der Waals surface area contributed by atoms with Crippen LogP contribution in [0.15, 0.2) is 18.3 Å². The highest BCUT2D eigenvalue weighted by atomic mass is 16.2. The molecule has 1 aliphatic rings. The van der Waals surface area contributed by atoms with E-state index in [1.807, 2.05) is 12.1 Å². The zero-order valence-corrected chi connectivity index (χ0v) is 12.4. The molecule has 1 atom stereocenters. The SMILES string of the molecule is C#Cc1ccc(NCCNCC(=O)N2CCCC2C#N)nc1. The molecule has 2 N–H and O–H groups in total. The molecule has 1 aromatic heterocycles. The van der Waals surface area contributed by atoms with Crippen LogP contribution in [0, 0.1) is 23.7 Å². The van der Waals surface area contributed by atoms with Gasteiger partial charge in [0.25, 0.3) is 0 Å². The standard InChI is InChI=1S/C16H19N5O/c1-2-13-5-6-15(20-11-13)19-8-7-18-12-16(22)21-9-3-4-14(21)10-17/h1,5-6,11,14,18H,3-4,7-9,12H2,(H,19,20). The maximum atomic E-state index is 12.0. The first-order valence-electron chi connectivity index (χ1n) is 7.31. The van der Waals surface area contributed by atoms with Crippen LogP contribution in [-0.4, -0.2) is 48.0 Å². The summed E-state index contributed by atoms with van der Waals surface area (Å²) in [6, 6.07) is 5.55. The molecule has 0 radical (unpaired) electrons. The summed E-state index contributed by atoms with van der Waals surface area (Å²) in [5.41, 5.74) is 0.743. The van der Waals surface area contributed by atoms with E-state index in [-0.39, 0.29) is 18.5 Å². The lowest BCUT2D eigenvalue weighted by molar-refractivity contribution is -0.130. The largest absolute Gasteiger partial charge is 0.369 e. The van der Waals surface area contributed by atoms with Gasteiger partial charge in [0.05, 0.1) is 12.6 Å². The van der Waals surface area contributed by atoms with Gasteiger partial charge in [-0.15, -0.1) is 6.42 Å². The Labute approximate surface area is 130 Å². The monoisotopic (exact) mass is 297 g/mol. The van der Waals surface area contributed by atoms with Gasteiger partial charge in [-0.2, -0.15) is 5.26 Å². The number of amides is 1. The second-order valence-corrected chi connectivity index (χ2v) is 5.05. The molecule has 0 saturated carbocycles. The number of likely N-dealkylation sites (tertiary alicyclic amines) is 1. The van der Waals surface area contributed by atoms with Crippen LogP contribution in [0.5, 0.6) is 0 Å². The van der Waals surface area contributed by atoms with Crippen LogP contribution in [-0.2, 0) is 4.79 Å². The predicted molar refractivity (Wildman–Crippen MR) is 83.9 cm³/mol. The number of nitrogens with zero attached hydrogens (tertiary/aromatic N) is 3. The zero-order valence-electron chi connectivity index (χ0n) is 12.4. The van der Waals surface area contributed by atoms with E-state index in [0.717, 1.165) is 24.2 Å². The van der Waals surface area contributed by atoms with Crippen molar-refractivity contribution in [2.75, 3.05) is 31.5 Å². The second-order valence-electron chi connectivity index (χ2n) is 5.05. The minimum atomic E-state index is -0.258. The summed E-state index contributed by atoms with van der Waals surface area (Å²) in [5, 5.41) is 15.2. The Morgan fingerprint density at radius 1 is 1.50 bits per heavy atom. The normalized spacial score (nSPS) is 16.8. The topological polar surface area (TPSA) is 81.0 Å². The summed E-state index contributed by atoms with van der Waals surface area (Å²) >= 11 is 0. The molecule has 6 nitrogen and oxygen atoms in total. The molecule has 2 heterocycles. The van der Waals surface area contributed by atoms with Gasteiger partial charge in [0, 0.05) is 31.4 Å². The van der Waals surface area contributed by atoms with Crippen molar-refractivity contribution < 1.29 is 4.79 Å². The van der Waals surface area contributed by atoms with E-state index in [1.54, 1.807) is 11.1 Å². The molecule has 2 rings (SSSR count). The van der Waals surface area contributed by atoms with Crippen molar-refractivity contribution in [3.8, 4) is 18.4 Å². The number of carbonyl (C=O) groups excluding carboxylic acids is 1. The number of terminal acetylenes is 1. The number of carbonyl (C=O) groups is 1. The van der Waals surface area contributed by atoms with Crippen molar-refractivity contribution in [3.63, 3.8) is 0 Å². The van der Waals surface area contributed by atoms with E-state index in [1.165, 1.54) is 0 Å². The molecular formula is C16H19N5O. The number of pyridine rings is 1. The number of rotatable bonds is 6. The summed E-state index contributed by atoms with van der Waals surface area (Å²) in [5.74, 6) is 3.24. The predicted octanol–water partition coefficient (Wildman–Crippen LogP) is 0.579. The van der Waals surface area contributed by atoms with Crippen LogP contribution >= 0.6 is 0 Å². The van der Waals surface area contributed by atoms with E-state index in [0.29, 0.717) is 19.6 Å². The van der Waals surface area contributed by atoms with Crippen LogP contribution in [0.4, 0.5) is 5.82 Å². The summed E-state index contributed by atoms with van der Waals surface area (Å²) in [7, 11) is 0. The summed E-state index contributed by atoms with van der Waals surface area (Å²) in [4.78, 5) is 17.8. The number of nitrogens with one attached hydrogen (secondary N) is 2. The second kappa shape index (κ2) is 8.02. The zero-order chi connectivity index (χ0) is 15.8. The molecule has 114 valence electrons. The van der Waals surface area contributed by atoms with Crippen molar-refractivity contribution >= 4 is 11.7 Å². The molecule has 22 heavy (non-hydrogen) atoms. The lowest BCUT2D eigenvalue weighted by atomic mass is 10.2. The van der Waals surface area contributed by atoms with Gasteiger partial charge in [-0.05, 0) is 25.0 Å². The van der Waals surface area contributed by atoms with Crippen molar-refractivity contribution in [2.24, 2.45) is 0 Å². The van der Waals surface area contributed by atoms with Gasteiger partial charge in [0.1, 0.15) is 11.9 Å². The van der Waals surface area contributed by atoms with Crippen LogP contribution in [0.1, 0.15) is 18.4 Å². The average molecular weight is 297 g/mol. The quantitative estimate of drug-likeness (QED) is 0.593. The van der Waals surface area contributed by atoms with Gasteiger partial charge in [0.15, 0.2) is 0 Å². The molecule has 0 spiro atoms. The van der Waals surface area contributed by atoms with E-state index >= 15 is 0 Å². The van der Waals surface area contributed by atoms with Crippen molar-refractivity contribution in [1.82, 2.24) is 15.2 Å². The third-order valence-corrected chi connectivity index (χ3v) is 3.54. The molecule has 6 heteroatoms. The van der Waals surface area contributed by atoms with Gasteiger partial charge in [-0.1, -0.05) is 5.92 Å². The minimum absolute atomic E-state index is 0.0134. The molecule has 0 bridgehead atoms. The molecule has 1 aliphatic heterocycles. The number of hydrogen-bond donors (Lipinski definition) is 2. The van der Waals surface area contributed by atoms with Crippen molar-refractivity contribution in [1.29, 1.82) is 5.26 Å². The van der Waals surface area contributed by atoms with Gasteiger partial charge < -0.3 is 15.5 Å². The maximum Gasteiger partial charge on any atom is 0.237 e. The van der Waals surface area contributed by atoms with Gasteiger partial charge >= 0.3 is 0 Å². The number of anilines is 1. The fourth-order valence-corrected chi connectivity index (χ4v) is 2.36. The van der Waals surface area contributed by atoms with Gasteiger partial charge in [0.2, 0.25) is 5.91 Å². The van der Waals surface area contributed by atoms with Crippen molar-refractivity contribution in [2.45, 2.75) is 18.9 Å². The van der Waals surface area contributed by atoms with Gasteiger partial charge in [-0.25, -0.2) is 4.98 Å².